The van der Waals surface area contributed by atoms with Gasteiger partial charge in [-0.05, 0) is 30.2 Å². The first kappa shape index (κ1) is 23.9. The number of rotatable bonds is 6. The fourth-order valence-electron chi connectivity index (χ4n) is 4.38. The molecule has 4 aromatic rings. The van der Waals surface area contributed by atoms with E-state index in [1.165, 1.54) is 28.6 Å². The highest BCUT2D eigenvalue weighted by atomic mass is 32.2. The van der Waals surface area contributed by atoms with E-state index in [4.69, 9.17) is 6.11 Å². The highest BCUT2D eigenvalue weighted by molar-refractivity contribution is 7.88. The zero-order valence-electron chi connectivity index (χ0n) is 20.7. The van der Waals surface area contributed by atoms with Crippen molar-refractivity contribution in [3.8, 4) is 17.0 Å². The predicted octanol–water partition coefficient (Wildman–Crippen LogP) is 2.52. The number of halogens is 4. The summed E-state index contributed by atoms with van der Waals surface area (Å²) in [5.74, 6) is -3.45. The molecule has 5 rings (SSSR count). The number of H-pyrrole nitrogens is 1. The third-order valence-corrected chi connectivity index (χ3v) is 7.42. The SMILES string of the molecule is [2H]c1cc(-c2ccc3ncn(CC(F)F)c3c2)c2c(OC)nc(=N[C@@H]3CCN(S(C)(=O)=O)CC3(F)F)[nH]n12. The molecule has 1 aromatic carbocycles. The van der Waals surface area contributed by atoms with Crippen LogP contribution in [0, 0.1) is 0 Å². The molecular formula is C22H23F4N7O3S. The Kier molecular flexibility index (Phi) is 5.90. The van der Waals surface area contributed by atoms with Gasteiger partial charge in [0.2, 0.25) is 21.5 Å². The van der Waals surface area contributed by atoms with Crippen LogP contribution in [0.4, 0.5) is 17.6 Å². The van der Waals surface area contributed by atoms with Gasteiger partial charge in [-0.3, -0.25) is 9.61 Å². The zero-order chi connectivity index (χ0) is 27.4. The standard InChI is InChI=1S/C22H23F4N7O3S/c1-36-20-19-14(13-3-4-15-16(9-13)31(12-27-15)10-18(23)24)5-8-33(19)30-21(29-20)28-17-6-7-32(37(2,34)35)11-22(17,25)26/h3-5,8-9,12,17-18H,6-7,10-11H2,1-2H3,(H,28,30)/t17-/m1/s1/i8D. The molecule has 198 valence electrons. The van der Waals surface area contributed by atoms with Crippen LogP contribution in [0.5, 0.6) is 5.88 Å². The van der Waals surface area contributed by atoms with E-state index in [0.717, 1.165) is 6.26 Å². The summed E-state index contributed by atoms with van der Waals surface area (Å²) in [6.45, 7) is -1.65. The second-order valence-corrected chi connectivity index (χ2v) is 10.7. The van der Waals surface area contributed by atoms with E-state index in [0.29, 0.717) is 32.0 Å². The largest absolute Gasteiger partial charge is 0.479 e. The molecule has 4 heterocycles. The van der Waals surface area contributed by atoms with Crippen molar-refractivity contribution in [2.24, 2.45) is 4.99 Å². The first-order valence-corrected chi connectivity index (χ1v) is 13.0. The first-order valence-electron chi connectivity index (χ1n) is 11.6. The average Bonchev–Trinajstić information content (AvgIpc) is 3.39. The molecule has 1 atom stereocenters. The van der Waals surface area contributed by atoms with Gasteiger partial charge >= 0.3 is 0 Å². The van der Waals surface area contributed by atoms with Gasteiger partial charge in [0, 0.05) is 18.3 Å². The van der Waals surface area contributed by atoms with Gasteiger partial charge in [-0.25, -0.2) is 36.0 Å². The number of nitrogens with one attached hydrogen (secondary N) is 1. The number of aromatic nitrogens is 5. The van der Waals surface area contributed by atoms with Crippen LogP contribution in [0.2, 0.25) is 0 Å². The summed E-state index contributed by atoms with van der Waals surface area (Å²) in [5.41, 5.74) is 2.13. The summed E-state index contributed by atoms with van der Waals surface area (Å²) in [6, 6.07) is 4.98. The van der Waals surface area contributed by atoms with E-state index in [2.05, 4.69) is 20.1 Å². The molecule has 3 aromatic heterocycles. The molecule has 37 heavy (non-hydrogen) atoms. The van der Waals surface area contributed by atoms with Crippen LogP contribution in [0.3, 0.4) is 0 Å². The lowest BCUT2D eigenvalue weighted by molar-refractivity contribution is -0.0608. The Morgan fingerprint density at radius 3 is 2.81 bits per heavy atom. The van der Waals surface area contributed by atoms with Gasteiger partial charge in [0.15, 0.2) is 0 Å². The summed E-state index contributed by atoms with van der Waals surface area (Å²) in [7, 11) is -2.46. The Morgan fingerprint density at radius 2 is 2.14 bits per heavy atom. The number of methoxy groups -OCH3 is 1. The molecule has 0 spiro atoms. The highest BCUT2D eigenvalue weighted by Gasteiger charge is 2.47. The van der Waals surface area contributed by atoms with E-state index < -0.39 is 41.5 Å². The quantitative estimate of drug-likeness (QED) is 0.377. The molecule has 0 amide bonds. The summed E-state index contributed by atoms with van der Waals surface area (Å²) >= 11 is 0. The number of piperidine rings is 1. The number of nitrogens with zero attached hydrogens (tertiary/aromatic N) is 6. The number of ether oxygens (including phenoxy) is 1. The van der Waals surface area contributed by atoms with E-state index in [9.17, 15) is 26.0 Å². The maximum atomic E-state index is 14.8. The van der Waals surface area contributed by atoms with E-state index in [1.807, 2.05) is 0 Å². The fraction of sp³-hybridized carbons (Fsp3) is 0.409. The van der Waals surface area contributed by atoms with Gasteiger partial charge in [0.1, 0.15) is 11.6 Å². The number of sulfonamides is 1. The summed E-state index contributed by atoms with van der Waals surface area (Å²) in [6.07, 6.45) is -0.662. The Morgan fingerprint density at radius 1 is 1.35 bits per heavy atom. The smallest absolute Gasteiger partial charge is 0.283 e. The minimum atomic E-state index is -3.78. The van der Waals surface area contributed by atoms with Crippen molar-refractivity contribution < 1.29 is 32.1 Å². The molecule has 15 heteroatoms. The Hall–Kier alpha value is -3.46. The van der Waals surface area contributed by atoms with E-state index >= 15 is 0 Å². The average molecular weight is 543 g/mol. The van der Waals surface area contributed by atoms with Crippen molar-refractivity contribution >= 4 is 26.6 Å². The molecule has 0 aliphatic carbocycles. The lowest BCUT2D eigenvalue weighted by Crippen LogP contribution is -2.53. The van der Waals surface area contributed by atoms with Crippen molar-refractivity contribution in [3.63, 3.8) is 0 Å². The van der Waals surface area contributed by atoms with Gasteiger partial charge < -0.3 is 9.30 Å². The molecule has 1 aliphatic heterocycles. The van der Waals surface area contributed by atoms with Crippen LogP contribution in [-0.2, 0) is 16.6 Å². The van der Waals surface area contributed by atoms with Crippen LogP contribution in [0.1, 0.15) is 7.79 Å². The molecule has 1 fully saturated rings. The van der Waals surface area contributed by atoms with Crippen LogP contribution < -0.4 is 10.4 Å². The molecule has 10 nitrogen and oxygen atoms in total. The van der Waals surface area contributed by atoms with Crippen molar-refractivity contribution in [2.75, 3.05) is 26.5 Å². The van der Waals surface area contributed by atoms with Crippen molar-refractivity contribution in [2.45, 2.75) is 31.4 Å². The Balaban J connectivity index is 1.58. The number of benzene rings is 1. The van der Waals surface area contributed by atoms with Crippen molar-refractivity contribution in [3.05, 3.63) is 42.4 Å². The van der Waals surface area contributed by atoms with E-state index in [-0.39, 0.29) is 30.6 Å². The van der Waals surface area contributed by atoms with Gasteiger partial charge in [-0.15, -0.1) is 0 Å². The molecule has 1 saturated heterocycles. The Labute approximate surface area is 209 Å². The molecule has 0 unspecified atom stereocenters. The van der Waals surface area contributed by atoms with E-state index in [1.54, 1.807) is 18.2 Å². The number of alkyl halides is 4. The summed E-state index contributed by atoms with van der Waals surface area (Å²) in [5, 5.41) is 2.75. The maximum absolute atomic E-state index is 14.8. The number of fused-ring (bicyclic) bond motifs is 2. The monoisotopic (exact) mass is 542 g/mol. The van der Waals surface area contributed by atoms with Gasteiger partial charge in [-0.2, -0.15) is 9.29 Å². The molecule has 0 bridgehead atoms. The predicted molar refractivity (Wildman–Crippen MR) is 126 cm³/mol. The van der Waals surface area contributed by atoms with Crippen LogP contribution in [0.15, 0.2) is 41.8 Å². The number of imidazole rings is 1. The first-order chi connectivity index (χ1) is 17.9. The number of aromatic amines is 1. The molecule has 0 saturated carbocycles. The van der Waals surface area contributed by atoms with Gasteiger partial charge in [0.05, 0.1) is 45.2 Å². The number of hydrogen-bond acceptors (Lipinski definition) is 6. The minimum absolute atomic E-state index is 0.00549. The maximum Gasteiger partial charge on any atom is 0.283 e. The van der Waals surface area contributed by atoms with Gasteiger partial charge in [0.25, 0.3) is 12.3 Å². The second kappa shape index (κ2) is 9.13. The highest BCUT2D eigenvalue weighted by Crippen LogP contribution is 2.33. The van der Waals surface area contributed by atoms with Crippen LogP contribution in [0.25, 0.3) is 27.7 Å². The summed E-state index contributed by atoms with van der Waals surface area (Å²) in [4.78, 5) is 12.4. The van der Waals surface area contributed by atoms with Crippen molar-refractivity contribution in [1.82, 2.24) is 28.5 Å². The minimum Gasteiger partial charge on any atom is -0.479 e. The molecule has 0 radical (unpaired) electrons. The third kappa shape index (κ3) is 4.80. The van der Waals surface area contributed by atoms with Crippen molar-refractivity contribution in [1.29, 1.82) is 0 Å². The zero-order valence-corrected chi connectivity index (χ0v) is 20.5. The lowest BCUT2D eigenvalue weighted by atomic mass is 10.0. The van der Waals surface area contributed by atoms with Crippen LogP contribution >= 0.6 is 0 Å². The Bertz CT molecular complexity index is 1700. The topological polar surface area (TPSA) is 110 Å². The molecule has 1 N–H and O–H groups in total. The third-order valence-electron chi connectivity index (χ3n) is 6.17. The lowest BCUT2D eigenvalue weighted by Gasteiger charge is -2.34. The van der Waals surface area contributed by atoms with Gasteiger partial charge in [-0.1, -0.05) is 6.07 Å². The second-order valence-electron chi connectivity index (χ2n) is 8.71. The molecule has 1 aliphatic rings. The normalized spacial score (nSPS) is 19.7. The molecular weight excluding hydrogens is 518 g/mol. The number of hydrogen-bond donors (Lipinski definition) is 1. The van der Waals surface area contributed by atoms with Crippen LogP contribution in [-0.4, -0.2) is 81.7 Å². The summed E-state index contributed by atoms with van der Waals surface area (Å²) < 4.78 is 96.1. The fourth-order valence-corrected chi connectivity index (χ4v) is 5.22.